The smallest absolute Gasteiger partial charge is 0.245 e. The van der Waals surface area contributed by atoms with Crippen molar-refractivity contribution in [3.63, 3.8) is 0 Å². The van der Waals surface area contributed by atoms with Crippen LogP contribution in [0.5, 0.6) is 0 Å². The van der Waals surface area contributed by atoms with E-state index in [4.69, 9.17) is 16.0 Å². The van der Waals surface area contributed by atoms with Gasteiger partial charge >= 0.3 is 0 Å². The minimum atomic E-state index is -0.584. The van der Waals surface area contributed by atoms with Crippen molar-refractivity contribution in [1.29, 1.82) is 0 Å². The van der Waals surface area contributed by atoms with Crippen LogP contribution in [0.1, 0.15) is 11.1 Å². The number of carbonyl (C=O) groups is 1. The predicted molar refractivity (Wildman–Crippen MR) is 92.6 cm³/mol. The summed E-state index contributed by atoms with van der Waals surface area (Å²) < 4.78 is 6.02. The summed E-state index contributed by atoms with van der Waals surface area (Å²) in [6.07, 6.45) is 2.78. The van der Waals surface area contributed by atoms with Gasteiger partial charge in [-0.15, -0.1) is 0 Å². The molecule has 3 rings (SSSR count). The Morgan fingerprint density at radius 2 is 1.83 bits per heavy atom. The number of hydrogen-bond donors (Lipinski definition) is 0. The Labute approximate surface area is 137 Å². The van der Waals surface area contributed by atoms with Gasteiger partial charge in [-0.3, -0.25) is 9.59 Å². The highest BCUT2D eigenvalue weighted by Gasteiger charge is 2.14. The lowest BCUT2D eigenvalue weighted by Crippen LogP contribution is -2.07. The second kappa shape index (κ2) is 6.23. The summed E-state index contributed by atoms with van der Waals surface area (Å²) in [5, 5.41) is -0.105. The molecule has 0 N–H and O–H groups in total. The SMILES string of the molecule is Cc1c(-c2ccccc2)oc2c(/C=C/C(=O)Cl)cccc2c1=O. The Bertz CT molecular complexity index is 969. The molecule has 0 saturated heterocycles. The first-order valence-corrected chi connectivity index (χ1v) is 7.45. The van der Waals surface area contributed by atoms with E-state index in [0.29, 0.717) is 27.9 Å². The number of halogens is 1. The molecule has 0 aliphatic rings. The van der Waals surface area contributed by atoms with Crippen molar-refractivity contribution in [1.82, 2.24) is 0 Å². The fourth-order valence-corrected chi connectivity index (χ4v) is 2.55. The van der Waals surface area contributed by atoms with E-state index >= 15 is 0 Å². The zero-order chi connectivity index (χ0) is 16.4. The molecule has 23 heavy (non-hydrogen) atoms. The van der Waals surface area contributed by atoms with Gasteiger partial charge < -0.3 is 4.42 Å². The Balaban J connectivity index is 2.33. The van der Waals surface area contributed by atoms with Crippen molar-refractivity contribution in [2.45, 2.75) is 6.92 Å². The van der Waals surface area contributed by atoms with Gasteiger partial charge in [0, 0.05) is 16.7 Å². The van der Waals surface area contributed by atoms with Crippen molar-refractivity contribution in [3.05, 3.63) is 76.0 Å². The maximum atomic E-state index is 12.6. The van der Waals surface area contributed by atoms with Gasteiger partial charge in [-0.2, -0.15) is 0 Å². The van der Waals surface area contributed by atoms with E-state index in [9.17, 15) is 9.59 Å². The van der Waals surface area contributed by atoms with Gasteiger partial charge in [0.05, 0.1) is 5.39 Å². The summed E-state index contributed by atoms with van der Waals surface area (Å²) in [5.74, 6) is 0.529. The average Bonchev–Trinajstić information content (AvgIpc) is 2.57. The first kappa shape index (κ1) is 15.3. The highest BCUT2D eigenvalue weighted by molar-refractivity contribution is 6.66. The van der Waals surface area contributed by atoms with E-state index in [1.54, 1.807) is 31.2 Å². The van der Waals surface area contributed by atoms with Crippen LogP contribution >= 0.6 is 11.6 Å². The molecule has 0 bridgehead atoms. The maximum absolute atomic E-state index is 12.6. The van der Waals surface area contributed by atoms with Crippen molar-refractivity contribution in [3.8, 4) is 11.3 Å². The van der Waals surface area contributed by atoms with Crippen LogP contribution in [-0.4, -0.2) is 5.24 Å². The fourth-order valence-electron chi connectivity index (χ4n) is 2.48. The quantitative estimate of drug-likeness (QED) is 0.524. The Morgan fingerprint density at radius 3 is 2.52 bits per heavy atom. The molecule has 0 aliphatic carbocycles. The molecule has 0 unspecified atom stereocenters. The summed E-state index contributed by atoms with van der Waals surface area (Å²) >= 11 is 5.34. The molecule has 1 aromatic heterocycles. The van der Waals surface area contributed by atoms with Gasteiger partial charge in [-0.05, 0) is 36.7 Å². The lowest BCUT2D eigenvalue weighted by atomic mass is 10.0. The molecule has 0 radical (unpaired) electrons. The van der Waals surface area contributed by atoms with Gasteiger partial charge in [-0.25, -0.2) is 0 Å². The van der Waals surface area contributed by atoms with Gasteiger partial charge in [0.15, 0.2) is 5.43 Å². The fraction of sp³-hybridized carbons (Fsp3) is 0.0526. The molecular weight excluding hydrogens is 312 g/mol. The van der Waals surface area contributed by atoms with Crippen LogP contribution < -0.4 is 5.43 Å². The molecule has 0 atom stereocenters. The van der Waals surface area contributed by atoms with E-state index in [-0.39, 0.29) is 5.43 Å². The predicted octanol–water partition coefficient (Wildman–Crippen LogP) is 4.55. The summed E-state index contributed by atoms with van der Waals surface area (Å²) in [6, 6.07) is 14.7. The second-order valence-corrected chi connectivity index (χ2v) is 5.49. The highest BCUT2D eigenvalue weighted by Crippen LogP contribution is 2.27. The zero-order valence-corrected chi connectivity index (χ0v) is 13.1. The number of rotatable bonds is 3. The molecule has 0 fully saturated rings. The topological polar surface area (TPSA) is 47.3 Å². The Hall–Kier alpha value is -2.65. The largest absolute Gasteiger partial charge is 0.455 e. The van der Waals surface area contributed by atoms with Gasteiger partial charge in [-0.1, -0.05) is 42.5 Å². The highest BCUT2D eigenvalue weighted by atomic mass is 35.5. The van der Waals surface area contributed by atoms with Crippen LogP contribution in [0.2, 0.25) is 0 Å². The molecule has 0 amide bonds. The zero-order valence-electron chi connectivity index (χ0n) is 12.4. The molecule has 0 saturated carbocycles. The summed E-state index contributed by atoms with van der Waals surface area (Å²) in [4.78, 5) is 23.6. The third-order valence-corrected chi connectivity index (χ3v) is 3.73. The molecule has 2 aromatic carbocycles. The number of allylic oxidation sites excluding steroid dienone is 1. The summed E-state index contributed by atoms with van der Waals surface area (Å²) in [5.41, 5.74) is 2.37. The first-order chi connectivity index (χ1) is 11.1. The van der Waals surface area contributed by atoms with Crippen LogP contribution in [0.15, 0.2) is 63.8 Å². The lowest BCUT2D eigenvalue weighted by Gasteiger charge is -2.08. The number of para-hydroxylation sites is 1. The lowest BCUT2D eigenvalue weighted by molar-refractivity contribution is -0.107. The molecule has 0 aliphatic heterocycles. The Morgan fingerprint density at radius 1 is 1.09 bits per heavy atom. The number of fused-ring (bicyclic) bond motifs is 1. The third kappa shape index (κ3) is 2.96. The van der Waals surface area contributed by atoms with E-state index in [0.717, 1.165) is 5.56 Å². The van der Waals surface area contributed by atoms with Gasteiger partial charge in [0.25, 0.3) is 0 Å². The maximum Gasteiger partial charge on any atom is 0.245 e. The molecule has 0 spiro atoms. The molecule has 3 aromatic rings. The minimum Gasteiger partial charge on any atom is -0.455 e. The summed E-state index contributed by atoms with van der Waals surface area (Å²) in [7, 11) is 0. The van der Waals surface area contributed by atoms with Crippen LogP contribution in [0, 0.1) is 6.92 Å². The van der Waals surface area contributed by atoms with Crippen LogP contribution in [0.4, 0.5) is 0 Å². The molecule has 4 heteroatoms. The van der Waals surface area contributed by atoms with E-state index in [1.807, 2.05) is 30.3 Å². The monoisotopic (exact) mass is 324 g/mol. The third-order valence-electron chi connectivity index (χ3n) is 3.61. The van der Waals surface area contributed by atoms with Gasteiger partial charge in [0.2, 0.25) is 5.24 Å². The minimum absolute atomic E-state index is 0.0856. The number of carbonyl (C=O) groups excluding carboxylic acids is 1. The van der Waals surface area contributed by atoms with Gasteiger partial charge in [0.1, 0.15) is 11.3 Å². The van der Waals surface area contributed by atoms with Crippen LogP contribution in [-0.2, 0) is 4.79 Å². The van der Waals surface area contributed by atoms with Crippen molar-refractivity contribution in [2.75, 3.05) is 0 Å². The number of benzene rings is 2. The van der Waals surface area contributed by atoms with Crippen molar-refractivity contribution < 1.29 is 9.21 Å². The van der Waals surface area contributed by atoms with Crippen molar-refractivity contribution >= 4 is 33.9 Å². The first-order valence-electron chi connectivity index (χ1n) is 7.07. The van der Waals surface area contributed by atoms with Crippen LogP contribution in [0.25, 0.3) is 28.4 Å². The Kier molecular flexibility index (Phi) is 4.13. The van der Waals surface area contributed by atoms with Crippen LogP contribution in [0.3, 0.4) is 0 Å². The molecular formula is C19H13ClO3. The standard InChI is InChI=1S/C19H13ClO3/c1-12-17(22)15-9-5-8-14(10-11-16(20)21)19(15)23-18(12)13-6-3-2-4-7-13/h2-11H,1H3/b11-10+. The van der Waals surface area contributed by atoms with E-state index in [1.165, 1.54) is 6.08 Å². The summed E-state index contributed by atoms with van der Waals surface area (Å²) in [6.45, 7) is 1.75. The molecule has 3 nitrogen and oxygen atoms in total. The molecule has 1 heterocycles. The normalized spacial score (nSPS) is 11.2. The van der Waals surface area contributed by atoms with E-state index in [2.05, 4.69) is 0 Å². The molecule has 114 valence electrons. The van der Waals surface area contributed by atoms with E-state index < -0.39 is 5.24 Å². The van der Waals surface area contributed by atoms with Crippen molar-refractivity contribution in [2.24, 2.45) is 0 Å². The number of hydrogen-bond acceptors (Lipinski definition) is 3. The second-order valence-electron chi connectivity index (χ2n) is 5.11. The average molecular weight is 325 g/mol.